The molecule has 0 aliphatic carbocycles. The van der Waals surface area contributed by atoms with Gasteiger partial charge in [0, 0.05) is 25.6 Å². The van der Waals surface area contributed by atoms with Crippen molar-refractivity contribution < 1.29 is 9.90 Å². The molecule has 0 aromatic heterocycles. The van der Waals surface area contributed by atoms with E-state index in [9.17, 15) is 9.90 Å². The molecule has 0 aromatic rings. The van der Waals surface area contributed by atoms with Gasteiger partial charge in [-0.15, -0.1) is 0 Å². The summed E-state index contributed by atoms with van der Waals surface area (Å²) in [6, 6.07) is 0.235. The second-order valence-corrected chi connectivity index (χ2v) is 3.86. The normalized spacial score (nSPS) is 25.3. The lowest BCUT2D eigenvalue weighted by atomic mass is 10.1. The Balaban J connectivity index is 2.24. The molecule has 1 fully saturated rings. The molecular formula is C10H20N2O2. The van der Waals surface area contributed by atoms with Crippen LogP contribution >= 0.6 is 0 Å². The summed E-state index contributed by atoms with van der Waals surface area (Å²) in [5.41, 5.74) is 0. The molecule has 1 aliphatic rings. The van der Waals surface area contributed by atoms with E-state index in [4.69, 9.17) is 0 Å². The molecule has 1 amide bonds. The molecule has 2 atom stereocenters. The fraction of sp³-hybridized carbons (Fsp3) is 0.900. The number of carbonyl (C=O) groups is 1. The van der Waals surface area contributed by atoms with Crippen LogP contribution in [0.15, 0.2) is 0 Å². The zero-order valence-corrected chi connectivity index (χ0v) is 8.75. The predicted octanol–water partition coefficient (Wildman–Crippen LogP) is 0.0156. The van der Waals surface area contributed by atoms with E-state index in [1.807, 2.05) is 6.92 Å². The maximum Gasteiger partial charge on any atom is 0.221 e. The SMILES string of the molecule is CCC(O)CNC1CCCNC(=O)C1. The minimum Gasteiger partial charge on any atom is -0.392 e. The summed E-state index contributed by atoms with van der Waals surface area (Å²) in [5, 5.41) is 15.4. The van der Waals surface area contributed by atoms with Crippen LogP contribution in [0.25, 0.3) is 0 Å². The van der Waals surface area contributed by atoms with Gasteiger partial charge in [0.1, 0.15) is 0 Å². The summed E-state index contributed by atoms with van der Waals surface area (Å²) in [6.07, 6.45) is 3.03. The standard InChI is InChI=1S/C10H20N2O2/c1-2-9(13)7-12-8-4-3-5-11-10(14)6-8/h8-9,12-13H,2-7H2,1H3,(H,11,14). The first kappa shape index (κ1) is 11.5. The monoisotopic (exact) mass is 200 g/mol. The van der Waals surface area contributed by atoms with Gasteiger partial charge in [-0.3, -0.25) is 4.79 Å². The summed E-state index contributed by atoms with van der Waals surface area (Å²) in [4.78, 5) is 11.2. The van der Waals surface area contributed by atoms with Gasteiger partial charge >= 0.3 is 0 Å². The first-order chi connectivity index (χ1) is 6.72. The molecular weight excluding hydrogens is 180 g/mol. The number of carbonyl (C=O) groups excluding carboxylic acids is 1. The van der Waals surface area contributed by atoms with E-state index in [2.05, 4.69) is 10.6 Å². The van der Waals surface area contributed by atoms with Crippen LogP contribution in [0.3, 0.4) is 0 Å². The van der Waals surface area contributed by atoms with Gasteiger partial charge in [0.15, 0.2) is 0 Å². The molecule has 0 radical (unpaired) electrons. The van der Waals surface area contributed by atoms with E-state index in [1.54, 1.807) is 0 Å². The zero-order valence-electron chi connectivity index (χ0n) is 8.75. The molecule has 1 rings (SSSR count). The van der Waals surface area contributed by atoms with E-state index < -0.39 is 0 Å². The maximum absolute atomic E-state index is 11.2. The van der Waals surface area contributed by atoms with Crippen LogP contribution in [-0.4, -0.2) is 36.2 Å². The first-order valence-corrected chi connectivity index (χ1v) is 5.40. The van der Waals surface area contributed by atoms with E-state index >= 15 is 0 Å². The highest BCUT2D eigenvalue weighted by Crippen LogP contribution is 2.05. The van der Waals surface area contributed by atoms with Crippen LogP contribution < -0.4 is 10.6 Å². The average molecular weight is 200 g/mol. The summed E-state index contributed by atoms with van der Waals surface area (Å²) < 4.78 is 0. The first-order valence-electron chi connectivity index (χ1n) is 5.40. The van der Waals surface area contributed by atoms with Gasteiger partial charge in [-0.2, -0.15) is 0 Å². The van der Waals surface area contributed by atoms with Gasteiger partial charge in [-0.25, -0.2) is 0 Å². The Kier molecular flexibility index (Phi) is 4.90. The summed E-state index contributed by atoms with van der Waals surface area (Å²) in [5.74, 6) is 0.117. The molecule has 82 valence electrons. The van der Waals surface area contributed by atoms with Gasteiger partial charge < -0.3 is 15.7 Å². The molecule has 1 aliphatic heterocycles. The molecule has 4 nitrogen and oxygen atoms in total. The summed E-state index contributed by atoms with van der Waals surface area (Å²) in [6.45, 7) is 3.33. The lowest BCUT2D eigenvalue weighted by Gasteiger charge is -2.17. The Morgan fingerprint density at radius 3 is 3.21 bits per heavy atom. The molecule has 0 spiro atoms. The van der Waals surface area contributed by atoms with Crippen LogP contribution in [0.1, 0.15) is 32.6 Å². The third kappa shape index (κ3) is 4.07. The van der Waals surface area contributed by atoms with Crippen molar-refractivity contribution in [1.29, 1.82) is 0 Å². The second kappa shape index (κ2) is 5.98. The van der Waals surface area contributed by atoms with Gasteiger partial charge in [-0.05, 0) is 19.3 Å². The molecule has 14 heavy (non-hydrogen) atoms. The fourth-order valence-electron chi connectivity index (χ4n) is 1.60. The topological polar surface area (TPSA) is 61.4 Å². The van der Waals surface area contributed by atoms with Crippen LogP contribution in [0, 0.1) is 0 Å². The van der Waals surface area contributed by atoms with E-state index in [0.29, 0.717) is 13.0 Å². The third-order valence-corrected chi connectivity index (χ3v) is 2.60. The molecule has 3 N–H and O–H groups in total. The molecule has 0 aromatic carbocycles. The molecule has 1 saturated heterocycles. The van der Waals surface area contributed by atoms with E-state index in [0.717, 1.165) is 25.8 Å². The highest BCUT2D eigenvalue weighted by molar-refractivity contribution is 5.76. The number of amides is 1. The zero-order chi connectivity index (χ0) is 10.4. The number of hydrogen-bond donors (Lipinski definition) is 3. The highest BCUT2D eigenvalue weighted by atomic mass is 16.3. The van der Waals surface area contributed by atoms with E-state index in [-0.39, 0.29) is 18.1 Å². The number of nitrogens with one attached hydrogen (secondary N) is 2. The van der Waals surface area contributed by atoms with Crippen LogP contribution in [-0.2, 0) is 4.79 Å². The Morgan fingerprint density at radius 1 is 1.71 bits per heavy atom. The van der Waals surface area contributed by atoms with Crippen LogP contribution in [0.5, 0.6) is 0 Å². The Hall–Kier alpha value is -0.610. The highest BCUT2D eigenvalue weighted by Gasteiger charge is 2.17. The van der Waals surface area contributed by atoms with Crippen molar-refractivity contribution in [2.45, 2.75) is 44.8 Å². The molecule has 0 bridgehead atoms. The van der Waals surface area contributed by atoms with Crippen molar-refractivity contribution in [2.24, 2.45) is 0 Å². The Morgan fingerprint density at radius 2 is 2.50 bits per heavy atom. The number of hydrogen-bond acceptors (Lipinski definition) is 3. The van der Waals surface area contributed by atoms with E-state index in [1.165, 1.54) is 0 Å². The van der Waals surface area contributed by atoms with Crippen molar-refractivity contribution in [3.63, 3.8) is 0 Å². The van der Waals surface area contributed by atoms with Gasteiger partial charge in [-0.1, -0.05) is 6.92 Å². The second-order valence-electron chi connectivity index (χ2n) is 3.86. The molecule has 2 unspecified atom stereocenters. The minimum absolute atomic E-state index is 0.117. The number of rotatable bonds is 4. The lowest BCUT2D eigenvalue weighted by molar-refractivity contribution is -0.121. The third-order valence-electron chi connectivity index (χ3n) is 2.60. The largest absolute Gasteiger partial charge is 0.392 e. The molecule has 4 heteroatoms. The predicted molar refractivity (Wildman–Crippen MR) is 54.9 cm³/mol. The number of aliphatic hydroxyl groups is 1. The fourth-order valence-corrected chi connectivity index (χ4v) is 1.60. The smallest absolute Gasteiger partial charge is 0.221 e. The van der Waals surface area contributed by atoms with Crippen molar-refractivity contribution >= 4 is 5.91 Å². The minimum atomic E-state index is -0.290. The summed E-state index contributed by atoms with van der Waals surface area (Å²) >= 11 is 0. The lowest BCUT2D eigenvalue weighted by Crippen LogP contribution is -2.37. The van der Waals surface area contributed by atoms with Crippen molar-refractivity contribution in [1.82, 2.24) is 10.6 Å². The van der Waals surface area contributed by atoms with Gasteiger partial charge in [0.25, 0.3) is 0 Å². The van der Waals surface area contributed by atoms with Crippen LogP contribution in [0.4, 0.5) is 0 Å². The van der Waals surface area contributed by atoms with Crippen molar-refractivity contribution in [3.8, 4) is 0 Å². The maximum atomic E-state index is 11.2. The average Bonchev–Trinajstić information content (AvgIpc) is 2.39. The van der Waals surface area contributed by atoms with Gasteiger partial charge in [0.2, 0.25) is 5.91 Å². The Bertz CT molecular complexity index is 185. The molecule has 1 heterocycles. The van der Waals surface area contributed by atoms with Gasteiger partial charge in [0.05, 0.1) is 6.10 Å². The number of aliphatic hydroxyl groups excluding tert-OH is 1. The van der Waals surface area contributed by atoms with Crippen LogP contribution in [0.2, 0.25) is 0 Å². The quantitative estimate of drug-likeness (QED) is 0.599. The van der Waals surface area contributed by atoms with Crippen molar-refractivity contribution in [3.05, 3.63) is 0 Å². The molecule has 0 saturated carbocycles. The Labute approximate surface area is 85.1 Å². The summed E-state index contributed by atoms with van der Waals surface area (Å²) in [7, 11) is 0. The van der Waals surface area contributed by atoms with Crippen molar-refractivity contribution in [2.75, 3.05) is 13.1 Å².